The molecule has 2 saturated heterocycles. The van der Waals surface area contributed by atoms with Gasteiger partial charge in [-0.2, -0.15) is 4.31 Å². The number of amides is 2. The average molecular weight is 615 g/mol. The van der Waals surface area contributed by atoms with Crippen LogP contribution in [-0.2, 0) is 30.8 Å². The number of carbonyl (C=O) groups is 3. The fraction of sp³-hybridized carbons (Fsp3) is 0.423. The Labute approximate surface area is 242 Å². The van der Waals surface area contributed by atoms with E-state index in [1.54, 1.807) is 12.1 Å². The summed E-state index contributed by atoms with van der Waals surface area (Å²) in [5.74, 6) is -1.73. The van der Waals surface area contributed by atoms with Crippen molar-refractivity contribution in [3.8, 4) is 5.75 Å². The summed E-state index contributed by atoms with van der Waals surface area (Å²) >= 11 is 12.0. The molecule has 2 aromatic carbocycles. The smallest absolute Gasteiger partial charge is 0.415 e. The normalized spacial score (nSPS) is 20.6. The molecule has 0 radical (unpaired) electrons. The highest BCUT2D eigenvalue weighted by atomic mass is 35.5. The maximum Gasteiger partial charge on any atom is 0.415 e. The van der Waals surface area contributed by atoms with E-state index in [0.29, 0.717) is 38.3 Å². The fourth-order valence-corrected chi connectivity index (χ4v) is 7.25. The summed E-state index contributed by atoms with van der Waals surface area (Å²) in [6.07, 6.45) is 0.0174. The molecule has 0 bridgehead atoms. The Hall–Kier alpha value is -2.90. The summed E-state index contributed by atoms with van der Waals surface area (Å²) in [6.45, 7) is 3.28. The van der Waals surface area contributed by atoms with Crippen molar-refractivity contribution in [1.82, 2.24) is 14.5 Å². The Morgan fingerprint density at radius 3 is 2.30 bits per heavy atom. The molecule has 2 N–H and O–H groups in total. The van der Waals surface area contributed by atoms with Crippen LogP contribution in [0.15, 0.2) is 47.4 Å². The molecular formula is C26H29Cl2N3O8S. The fourth-order valence-electron chi connectivity index (χ4n) is 4.71. The number of nitrogens with one attached hydrogen (secondary N) is 1. The van der Waals surface area contributed by atoms with Gasteiger partial charge in [0.25, 0.3) is 0 Å². The standard InChI is InChI=1S/C26H29Cl2N3O8S/c1-26(7-2-8-31(26)40(36,37)21-15-18(27)14-19(28)16-21)24(34)29-22(23(32)33)13-17-3-5-20(6-4-17)39-25(35)30-9-11-38-12-10-30/h3-6,14-16,22H,2,7-13H2,1H3,(H,29,34)(H,32,33)/t22-,26-/m0/s1. The Balaban J connectivity index is 1.44. The highest BCUT2D eigenvalue weighted by molar-refractivity contribution is 7.89. The van der Waals surface area contributed by atoms with E-state index in [0.717, 1.165) is 4.31 Å². The molecule has 0 spiro atoms. The van der Waals surface area contributed by atoms with Gasteiger partial charge in [-0.05, 0) is 55.7 Å². The van der Waals surface area contributed by atoms with E-state index in [1.165, 1.54) is 42.2 Å². The number of nitrogens with zero attached hydrogens (tertiary/aromatic N) is 2. The van der Waals surface area contributed by atoms with E-state index >= 15 is 0 Å². The predicted octanol–water partition coefficient (Wildman–Crippen LogP) is 3.18. The van der Waals surface area contributed by atoms with E-state index in [9.17, 15) is 27.9 Å². The van der Waals surface area contributed by atoms with Crippen molar-refractivity contribution in [3.05, 3.63) is 58.1 Å². The molecule has 216 valence electrons. The molecule has 0 unspecified atom stereocenters. The first kappa shape index (κ1) is 30.1. The van der Waals surface area contributed by atoms with Gasteiger partial charge in [-0.25, -0.2) is 18.0 Å². The first-order valence-electron chi connectivity index (χ1n) is 12.6. The minimum absolute atomic E-state index is 0.0682. The number of sulfonamides is 1. The molecule has 2 aliphatic rings. The number of benzene rings is 2. The van der Waals surface area contributed by atoms with Crippen molar-refractivity contribution in [3.63, 3.8) is 0 Å². The van der Waals surface area contributed by atoms with Crippen LogP contribution < -0.4 is 10.1 Å². The minimum Gasteiger partial charge on any atom is -0.480 e. The van der Waals surface area contributed by atoms with Crippen molar-refractivity contribution in [2.24, 2.45) is 0 Å². The van der Waals surface area contributed by atoms with E-state index in [4.69, 9.17) is 32.7 Å². The van der Waals surface area contributed by atoms with Crippen LogP contribution in [0.3, 0.4) is 0 Å². The van der Waals surface area contributed by atoms with Gasteiger partial charge in [0.1, 0.15) is 17.3 Å². The summed E-state index contributed by atoms with van der Waals surface area (Å²) in [6, 6.07) is 8.84. The number of halogens is 2. The molecule has 2 fully saturated rings. The van der Waals surface area contributed by atoms with Crippen LogP contribution in [0.25, 0.3) is 0 Å². The molecule has 2 aliphatic heterocycles. The second kappa shape index (κ2) is 12.3. The van der Waals surface area contributed by atoms with Gasteiger partial charge in [0.05, 0.1) is 18.1 Å². The Kier molecular flexibility index (Phi) is 9.26. The third-order valence-corrected chi connectivity index (χ3v) is 9.36. The zero-order valence-corrected chi connectivity index (χ0v) is 24.0. The number of rotatable bonds is 8. The lowest BCUT2D eigenvalue weighted by atomic mass is 9.97. The van der Waals surface area contributed by atoms with Crippen LogP contribution in [0, 0.1) is 0 Å². The summed E-state index contributed by atoms with van der Waals surface area (Å²) in [5.41, 5.74) is -0.965. The largest absolute Gasteiger partial charge is 0.480 e. The van der Waals surface area contributed by atoms with Gasteiger partial charge in [-0.3, -0.25) is 4.79 Å². The Morgan fingerprint density at radius 2 is 1.70 bits per heavy atom. The second-order valence-electron chi connectivity index (χ2n) is 9.74. The number of morpholine rings is 1. The van der Waals surface area contributed by atoms with Crippen LogP contribution in [0.2, 0.25) is 10.0 Å². The number of ether oxygens (including phenoxy) is 2. The number of hydrogen-bond acceptors (Lipinski definition) is 7. The third kappa shape index (κ3) is 6.69. The first-order valence-corrected chi connectivity index (χ1v) is 14.8. The molecule has 0 saturated carbocycles. The highest BCUT2D eigenvalue weighted by Gasteiger charge is 2.50. The SMILES string of the molecule is C[C@@]1(C(=O)N[C@@H](Cc2ccc(OC(=O)N3CCOCC3)cc2)C(=O)O)CCCN1S(=O)(=O)c1cc(Cl)cc(Cl)c1. The highest BCUT2D eigenvalue weighted by Crippen LogP contribution is 2.36. The van der Waals surface area contributed by atoms with Crippen molar-refractivity contribution in [2.75, 3.05) is 32.8 Å². The lowest BCUT2D eigenvalue weighted by Crippen LogP contribution is -2.58. The Morgan fingerprint density at radius 1 is 1.07 bits per heavy atom. The van der Waals surface area contributed by atoms with Gasteiger partial charge >= 0.3 is 12.1 Å². The molecule has 14 heteroatoms. The van der Waals surface area contributed by atoms with Gasteiger partial charge in [0, 0.05) is 36.1 Å². The van der Waals surface area contributed by atoms with E-state index in [1.807, 2.05) is 0 Å². The zero-order valence-electron chi connectivity index (χ0n) is 21.6. The molecule has 40 heavy (non-hydrogen) atoms. The maximum atomic E-state index is 13.4. The summed E-state index contributed by atoms with van der Waals surface area (Å²) in [5, 5.41) is 12.6. The minimum atomic E-state index is -4.17. The second-order valence-corrected chi connectivity index (χ2v) is 12.5. The topological polar surface area (TPSA) is 143 Å². The summed E-state index contributed by atoms with van der Waals surface area (Å²) in [7, 11) is -4.17. The van der Waals surface area contributed by atoms with Crippen molar-refractivity contribution < 1.29 is 37.4 Å². The Bertz CT molecular complexity index is 1360. The third-order valence-electron chi connectivity index (χ3n) is 6.93. The lowest BCUT2D eigenvalue weighted by Gasteiger charge is -2.34. The molecule has 4 rings (SSSR count). The van der Waals surface area contributed by atoms with Crippen LogP contribution in [0.4, 0.5) is 4.79 Å². The van der Waals surface area contributed by atoms with Gasteiger partial charge in [-0.1, -0.05) is 35.3 Å². The molecule has 11 nitrogen and oxygen atoms in total. The number of hydrogen-bond donors (Lipinski definition) is 2. The molecule has 0 aliphatic carbocycles. The van der Waals surface area contributed by atoms with Crippen LogP contribution in [0.1, 0.15) is 25.3 Å². The van der Waals surface area contributed by atoms with E-state index < -0.39 is 39.6 Å². The molecule has 0 aromatic heterocycles. The number of carbonyl (C=O) groups excluding carboxylic acids is 2. The van der Waals surface area contributed by atoms with Crippen molar-refractivity contribution in [2.45, 2.75) is 42.7 Å². The number of carboxylic acid groups (broad SMARTS) is 1. The maximum absolute atomic E-state index is 13.4. The van der Waals surface area contributed by atoms with E-state index in [-0.39, 0.29) is 40.1 Å². The molecule has 2 atom stereocenters. The van der Waals surface area contributed by atoms with Crippen LogP contribution in [-0.4, -0.2) is 85.1 Å². The van der Waals surface area contributed by atoms with Crippen molar-refractivity contribution in [1.29, 1.82) is 0 Å². The molecule has 2 heterocycles. The zero-order chi connectivity index (χ0) is 29.1. The predicted molar refractivity (Wildman–Crippen MR) is 146 cm³/mol. The summed E-state index contributed by atoms with van der Waals surface area (Å²) < 4.78 is 38.5. The van der Waals surface area contributed by atoms with Gasteiger partial charge in [0.2, 0.25) is 15.9 Å². The molecule has 2 amide bonds. The van der Waals surface area contributed by atoms with Gasteiger partial charge < -0.3 is 24.8 Å². The van der Waals surface area contributed by atoms with Gasteiger partial charge in [-0.15, -0.1) is 0 Å². The first-order chi connectivity index (χ1) is 18.9. The van der Waals surface area contributed by atoms with Crippen LogP contribution in [0.5, 0.6) is 5.75 Å². The average Bonchev–Trinajstić information content (AvgIpc) is 3.33. The molecular weight excluding hydrogens is 585 g/mol. The van der Waals surface area contributed by atoms with Crippen LogP contribution >= 0.6 is 23.2 Å². The van der Waals surface area contributed by atoms with Gasteiger partial charge in [0.15, 0.2) is 0 Å². The molecule has 2 aromatic rings. The lowest BCUT2D eigenvalue weighted by molar-refractivity contribution is -0.143. The number of carboxylic acids is 1. The number of aliphatic carboxylic acids is 1. The van der Waals surface area contributed by atoms with E-state index in [2.05, 4.69) is 5.32 Å². The van der Waals surface area contributed by atoms with Crippen molar-refractivity contribution >= 4 is 51.2 Å². The monoisotopic (exact) mass is 613 g/mol. The summed E-state index contributed by atoms with van der Waals surface area (Å²) in [4.78, 5) is 39.1. The quantitative estimate of drug-likeness (QED) is 0.462.